The Labute approximate surface area is 141 Å². The zero-order valence-electron chi connectivity index (χ0n) is 12.5. The van der Waals surface area contributed by atoms with Crippen LogP contribution in [0.4, 0.5) is 10.8 Å². The fourth-order valence-electron chi connectivity index (χ4n) is 1.65. The Morgan fingerprint density at radius 3 is 2.65 bits per heavy atom. The number of rotatable bonds is 6. The van der Waals surface area contributed by atoms with Crippen LogP contribution in [0.3, 0.4) is 0 Å². The number of aromatic nitrogens is 2. The first-order valence-corrected chi connectivity index (χ1v) is 9.74. The topological polar surface area (TPSA) is 110 Å². The SMILES string of the molecule is COc1ccc(S(=O)(=O)Nc2nnc(SC)s2)cc1NC(C)=O. The number of nitrogens with zero attached hydrogens (tertiary/aromatic N) is 2. The summed E-state index contributed by atoms with van der Waals surface area (Å²) in [6, 6.07) is 4.16. The number of carbonyl (C=O) groups is 1. The Balaban J connectivity index is 2.33. The molecule has 11 heteroatoms. The number of benzene rings is 1. The van der Waals surface area contributed by atoms with Gasteiger partial charge in [0.2, 0.25) is 11.0 Å². The fourth-order valence-corrected chi connectivity index (χ4v) is 4.07. The first-order chi connectivity index (χ1) is 10.9. The number of anilines is 2. The van der Waals surface area contributed by atoms with Gasteiger partial charge in [-0.25, -0.2) is 8.42 Å². The number of nitrogens with one attached hydrogen (secondary N) is 2. The van der Waals surface area contributed by atoms with Gasteiger partial charge in [0.05, 0.1) is 17.7 Å². The van der Waals surface area contributed by atoms with Crippen LogP contribution in [0, 0.1) is 0 Å². The van der Waals surface area contributed by atoms with E-state index < -0.39 is 10.0 Å². The highest BCUT2D eigenvalue weighted by Gasteiger charge is 2.19. The number of carbonyl (C=O) groups excluding carboxylic acids is 1. The van der Waals surface area contributed by atoms with E-state index in [2.05, 4.69) is 20.2 Å². The second-order valence-corrected chi connectivity index (χ2v) is 7.94. The van der Waals surface area contributed by atoms with Crippen LogP contribution in [0.5, 0.6) is 5.75 Å². The van der Waals surface area contributed by atoms with Gasteiger partial charge >= 0.3 is 0 Å². The standard InChI is InChI=1S/C12H14N4O4S3/c1-7(17)13-9-6-8(4-5-10(9)20-2)23(18,19)16-11-14-15-12(21-3)22-11/h4-6H,1-3H3,(H,13,17)(H,14,16). The van der Waals surface area contributed by atoms with Gasteiger partial charge in [0.15, 0.2) is 4.34 Å². The van der Waals surface area contributed by atoms with Crippen LogP contribution < -0.4 is 14.8 Å². The molecular formula is C12H14N4O4S3. The van der Waals surface area contributed by atoms with Crippen molar-refractivity contribution in [3.8, 4) is 5.75 Å². The van der Waals surface area contributed by atoms with Crippen LogP contribution >= 0.6 is 23.1 Å². The molecule has 2 rings (SSSR count). The molecule has 0 radical (unpaired) electrons. The van der Waals surface area contributed by atoms with Crippen LogP contribution in [0.25, 0.3) is 0 Å². The van der Waals surface area contributed by atoms with E-state index in [0.717, 1.165) is 11.3 Å². The zero-order valence-corrected chi connectivity index (χ0v) is 14.9. The summed E-state index contributed by atoms with van der Waals surface area (Å²) < 4.78 is 32.9. The molecule has 2 N–H and O–H groups in total. The monoisotopic (exact) mass is 374 g/mol. The lowest BCUT2D eigenvalue weighted by atomic mass is 10.3. The molecule has 1 aromatic carbocycles. The lowest BCUT2D eigenvalue weighted by molar-refractivity contribution is -0.114. The average Bonchev–Trinajstić information content (AvgIpc) is 2.93. The largest absolute Gasteiger partial charge is 0.495 e. The van der Waals surface area contributed by atoms with E-state index in [4.69, 9.17) is 4.74 Å². The molecule has 23 heavy (non-hydrogen) atoms. The van der Waals surface area contributed by atoms with Crippen molar-refractivity contribution in [2.75, 3.05) is 23.4 Å². The zero-order chi connectivity index (χ0) is 17.0. The number of thioether (sulfide) groups is 1. The molecule has 0 bridgehead atoms. The van der Waals surface area contributed by atoms with Gasteiger partial charge in [0, 0.05) is 6.92 Å². The van der Waals surface area contributed by atoms with Gasteiger partial charge in [-0.15, -0.1) is 10.2 Å². The van der Waals surface area contributed by atoms with Gasteiger partial charge in [-0.05, 0) is 24.5 Å². The molecule has 0 aliphatic heterocycles. The van der Waals surface area contributed by atoms with E-state index in [1.165, 1.54) is 44.0 Å². The van der Waals surface area contributed by atoms with Gasteiger partial charge in [-0.3, -0.25) is 9.52 Å². The summed E-state index contributed by atoms with van der Waals surface area (Å²) in [4.78, 5) is 11.2. The van der Waals surface area contributed by atoms with Crippen LogP contribution in [-0.4, -0.2) is 37.9 Å². The number of hydrogen-bond donors (Lipinski definition) is 2. The van der Waals surface area contributed by atoms with Gasteiger partial charge in [0.1, 0.15) is 5.75 Å². The van der Waals surface area contributed by atoms with Gasteiger partial charge in [-0.2, -0.15) is 0 Å². The Hall–Kier alpha value is -1.85. The summed E-state index contributed by atoms with van der Waals surface area (Å²) in [5.41, 5.74) is 0.268. The van der Waals surface area contributed by atoms with Crippen molar-refractivity contribution in [3.05, 3.63) is 18.2 Å². The maximum atomic E-state index is 12.4. The minimum absolute atomic E-state index is 0.0250. The Morgan fingerprint density at radius 1 is 1.35 bits per heavy atom. The molecule has 0 unspecified atom stereocenters. The van der Waals surface area contributed by atoms with Gasteiger partial charge in [-0.1, -0.05) is 23.1 Å². The van der Waals surface area contributed by atoms with Crippen LogP contribution in [0.15, 0.2) is 27.4 Å². The van der Waals surface area contributed by atoms with Crippen molar-refractivity contribution in [1.29, 1.82) is 0 Å². The van der Waals surface area contributed by atoms with E-state index in [1.54, 1.807) is 0 Å². The molecule has 124 valence electrons. The van der Waals surface area contributed by atoms with Crippen LogP contribution in [0.2, 0.25) is 0 Å². The summed E-state index contributed by atoms with van der Waals surface area (Å²) in [5, 5.41) is 10.3. The molecule has 1 heterocycles. The summed E-state index contributed by atoms with van der Waals surface area (Å²) in [6.45, 7) is 1.32. The molecule has 0 saturated carbocycles. The number of amides is 1. The predicted octanol–water partition coefficient (Wildman–Crippen LogP) is 2.03. The quantitative estimate of drug-likeness (QED) is 0.744. The van der Waals surface area contributed by atoms with Crippen molar-refractivity contribution in [2.24, 2.45) is 0 Å². The number of ether oxygens (including phenoxy) is 1. The summed E-state index contributed by atoms with van der Waals surface area (Å²) in [5.74, 6) is 0.0271. The Morgan fingerprint density at radius 2 is 2.09 bits per heavy atom. The first kappa shape index (κ1) is 17.5. The van der Waals surface area contributed by atoms with Gasteiger partial charge in [0.25, 0.3) is 10.0 Å². The highest BCUT2D eigenvalue weighted by Crippen LogP contribution is 2.29. The summed E-state index contributed by atoms with van der Waals surface area (Å²) >= 11 is 2.50. The lowest BCUT2D eigenvalue weighted by Crippen LogP contribution is -2.14. The molecule has 1 amide bonds. The highest BCUT2D eigenvalue weighted by molar-refractivity contribution is 8.00. The van der Waals surface area contributed by atoms with Crippen molar-refractivity contribution >= 4 is 49.8 Å². The molecule has 0 fully saturated rings. The third kappa shape index (κ3) is 4.33. The molecule has 0 aliphatic rings. The minimum atomic E-state index is -3.85. The maximum Gasteiger partial charge on any atom is 0.263 e. The summed E-state index contributed by atoms with van der Waals surface area (Å²) in [6.07, 6.45) is 1.82. The number of hydrogen-bond acceptors (Lipinski definition) is 8. The first-order valence-electron chi connectivity index (χ1n) is 6.21. The van der Waals surface area contributed by atoms with Crippen LogP contribution in [0.1, 0.15) is 6.92 Å². The average molecular weight is 374 g/mol. The van der Waals surface area contributed by atoms with E-state index >= 15 is 0 Å². The van der Waals surface area contributed by atoms with Crippen molar-refractivity contribution in [1.82, 2.24) is 10.2 Å². The van der Waals surface area contributed by atoms with Crippen LogP contribution in [-0.2, 0) is 14.8 Å². The second kappa shape index (κ2) is 7.15. The third-order valence-electron chi connectivity index (χ3n) is 2.59. The normalized spacial score (nSPS) is 11.1. The second-order valence-electron chi connectivity index (χ2n) is 4.23. The van der Waals surface area contributed by atoms with Crippen molar-refractivity contribution < 1.29 is 17.9 Å². The highest BCUT2D eigenvalue weighted by atomic mass is 32.2. The van der Waals surface area contributed by atoms with E-state index in [9.17, 15) is 13.2 Å². The van der Waals surface area contributed by atoms with Crippen molar-refractivity contribution in [3.63, 3.8) is 0 Å². The fraction of sp³-hybridized carbons (Fsp3) is 0.250. The Bertz CT molecular complexity index is 819. The minimum Gasteiger partial charge on any atom is -0.495 e. The number of sulfonamides is 1. The molecule has 2 aromatic rings. The third-order valence-corrected chi connectivity index (χ3v) is 5.87. The molecule has 0 saturated heterocycles. The van der Waals surface area contributed by atoms with E-state index in [0.29, 0.717) is 10.1 Å². The van der Waals surface area contributed by atoms with E-state index in [-0.39, 0.29) is 21.6 Å². The number of methoxy groups -OCH3 is 1. The molecule has 8 nitrogen and oxygen atoms in total. The predicted molar refractivity (Wildman–Crippen MR) is 89.8 cm³/mol. The van der Waals surface area contributed by atoms with E-state index in [1.807, 2.05) is 6.26 Å². The Kier molecular flexibility index (Phi) is 5.44. The van der Waals surface area contributed by atoms with Crippen molar-refractivity contribution in [2.45, 2.75) is 16.2 Å². The molecular weight excluding hydrogens is 360 g/mol. The molecule has 0 atom stereocenters. The summed E-state index contributed by atoms with van der Waals surface area (Å²) in [7, 11) is -2.42. The lowest BCUT2D eigenvalue weighted by Gasteiger charge is -2.11. The maximum absolute atomic E-state index is 12.4. The molecule has 1 aromatic heterocycles. The smallest absolute Gasteiger partial charge is 0.263 e. The van der Waals surface area contributed by atoms with Gasteiger partial charge < -0.3 is 10.1 Å². The molecule has 0 spiro atoms. The molecule has 0 aliphatic carbocycles.